The van der Waals surface area contributed by atoms with Crippen LogP contribution in [0.25, 0.3) is 22.5 Å². The molecule has 0 bridgehead atoms. The molecule has 0 radical (unpaired) electrons. The molecule has 36 heavy (non-hydrogen) atoms. The number of nitrogens with one attached hydrogen (secondary N) is 1. The quantitative estimate of drug-likeness (QED) is 0.448. The van der Waals surface area contributed by atoms with E-state index in [-0.39, 0.29) is 6.09 Å². The molecule has 1 N–H and O–H groups in total. The summed E-state index contributed by atoms with van der Waals surface area (Å²) in [7, 11) is 0. The van der Waals surface area contributed by atoms with Gasteiger partial charge in [-0.25, -0.2) is 9.78 Å². The van der Waals surface area contributed by atoms with Crippen molar-refractivity contribution in [1.29, 1.82) is 0 Å². The summed E-state index contributed by atoms with van der Waals surface area (Å²) in [6.45, 7) is 11.2. The maximum atomic E-state index is 12.3. The number of aryl methyl sites for hydroxylation is 1. The van der Waals surface area contributed by atoms with Gasteiger partial charge in [0, 0.05) is 63.5 Å². The van der Waals surface area contributed by atoms with Gasteiger partial charge in [-0.05, 0) is 56.7 Å². The van der Waals surface area contributed by atoms with Crippen LogP contribution < -0.4 is 0 Å². The van der Waals surface area contributed by atoms with Crippen molar-refractivity contribution in [1.82, 2.24) is 34.9 Å². The van der Waals surface area contributed by atoms with E-state index in [4.69, 9.17) is 14.1 Å². The number of imidazole rings is 1. The summed E-state index contributed by atoms with van der Waals surface area (Å²) < 4.78 is 11.0. The highest BCUT2D eigenvalue weighted by atomic mass is 16.6. The van der Waals surface area contributed by atoms with Gasteiger partial charge >= 0.3 is 6.09 Å². The summed E-state index contributed by atoms with van der Waals surface area (Å²) in [5.41, 5.74) is 4.31. The third-order valence-electron chi connectivity index (χ3n) is 5.96. The Morgan fingerprint density at radius 1 is 1.11 bits per heavy atom. The first-order chi connectivity index (χ1) is 17.2. The minimum atomic E-state index is -0.475. The van der Waals surface area contributed by atoms with Gasteiger partial charge in [-0.2, -0.15) is 0 Å². The summed E-state index contributed by atoms with van der Waals surface area (Å²) in [6, 6.07) is 10.0. The van der Waals surface area contributed by atoms with Crippen molar-refractivity contribution in [3.05, 3.63) is 59.5 Å². The molecule has 4 heterocycles. The normalized spacial score (nSPS) is 14.9. The van der Waals surface area contributed by atoms with Crippen molar-refractivity contribution >= 4 is 17.1 Å². The Bertz CT molecular complexity index is 1360. The third-order valence-corrected chi connectivity index (χ3v) is 5.96. The average Bonchev–Trinajstić information content (AvgIpc) is 3.43. The maximum absolute atomic E-state index is 12.3. The van der Waals surface area contributed by atoms with Gasteiger partial charge in [-0.3, -0.25) is 9.88 Å². The molecule has 5 rings (SSSR count). The largest absolute Gasteiger partial charge is 0.444 e. The number of piperazine rings is 1. The molecule has 188 valence electrons. The minimum Gasteiger partial charge on any atom is -0.444 e. The molecule has 0 atom stereocenters. The van der Waals surface area contributed by atoms with Crippen LogP contribution in [0, 0.1) is 6.92 Å². The number of aromatic amines is 1. The number of hydrogen-bond donors (Lipinski definition) is 1. The monoisotopic (exact) mass is 489 g/mol. The lowest BCUT2D eigenvalue weighted by Crippen LogP contribution is -2.49. The molecule has 1 aliphatic rings. The molecule has 0 aliphatic carbocycles. The summed E-state index contributed by atoms with van der Waals surface area (Å²) in [6.07, 6.45) is 2.21. The highest BCUT2D eigenvalue weighted by molar-refractivity contribution is 5.80. The fraction of sp³-hybridized carbons (Fsp3) is 0.423. The van der Waals surface area contributed by atoms with Gasteiger partial charge in [0.2, 0.25) is 11.8 Å². The number of amides is 1. The highest BCUT2D eigenvalue weighted by Gasteiger charge is 2.25. The molecule has 1 aromatic carbocycles. The van der Waals surface area contributed by atoms with Gasteiger partial charge < -0.3 is 19.0 Å². The van der Waals surface area contributed by atoms with Crippen molar-refractivity contribution in [3.63, 3.8) is 0 Å². The van der Waals surface area contributed by atoms with Crippen LogP contribution in [0.4, 0.5) is 4.79 Å². The number of H-pyrrole nitrogens is 1. The SMILES string of the molecule is Cc1nnc(-c2ccc3nc(Cc4cc(CN5CCN(C(=O)OC(C)(C)C)CC5)ccn4)[nH]c3c2)o1. The molecule has 1 amide bonds. The Kier molecular flexibility index (Phi) is 6.44. The van der Waals surface area contributed by atoms with Crippen molar-refractivity contribution in [2.24, 2.45) is 0 Å². The van der Waals surface area contributed by atoms with Crippen LogP contribution in [-0.4, -0.2) is 72.8 Å². The van der Waals surface area contributed by atoms with Crippen LogP contribution in [0.3, 0.4) is 0 Å². The van der Waals surface area contributed by atoms with Gasteiger partial charge in [0.1, 0.15) is 11.4 Å². The zero-order valence-electron chi connectivity index (χ0n) is 21.1. The van der Waals surface area contributed by atoms with E-state index in [1.165, 1.54) is 5.56 Å². The Hall–Kier alpha value is -3.79. The lowest BCUT2D eigenvalue weighted by atomic mass is 10.1. The fourth-order valence-corrected chi connectivity index (χ4v) is 4.26. The van der Waals surface area contributed by atoms with E-state index in [2.05, 4.69) is 31.1 Å². The summed E-state index contributed by atoms with van der Waals surface area (Å²) in [5.74, 6) is 1.87. The van der Waals surface area contributed by atoms with Crippen LogP contribution in [0.15, 0.2) is 40.9 Å². The van der Waals surface area contributed by atoms with Crippen LogP contribution in [0.1, 0.15) is 43.7 Å². The van der Waals surface area contributed by atoms with Gasteiger partial charge in [-0.15, -0.1) is 10.2 Å². The zero-order valence-corrected chi connectivity index (χ0v) is 21.1. The third kappa shape index (κ3) is 5.71. The van der Waals surface area contributed by atoms with E-state index < -0.39 is 5.60 Å². The number of hydrogen-bond acceptors (Lipinski definition) is 8. The maximum Gasteiger partial charge on any atom is 0.410 e. The number of carbonyl (C=O) groups is 1. The smallest absolute Gasteiger partial charge is 0.410 e. The second-order valence-corrected chi connectivity index (χ2v) is 10.1. The predicted octanol–water partition coefficient (Wildman–Crippen LogP) is 3.96. The Morgan fingerprint density at radius 3 is 2.64 bits per heavy atom. The molecular weight excluding hydrogens is 458 g/mol. The van der Waals surface area contributed by atoms with E-state index in [0.717, 1.165) is 47.7 Å². The first-order valence-electron chi connectivity index (χ1n) is 12.1. The number of carbonyl (C=O) groups excluding carboxylic acids is 1. The van der Waals surface area contributed by atoms with Crippen LogP contribution in [-0.2, 0) is 17.7 Å². The van der Waals surface area contributed by atoms with E-state index in [1.807, 2.05) is 51.2 Å². The first-order valence-corrected chi connectivity index (χ1v) is 12.1. The molecule has 3 aromatic heterocycles. The molecule has 4 aromatic rings. The van der Waals surface area contributed by atoms with Crippen molar-refractivity contribution < 1.29 is 13.9 Å². The molecule has 0 saturated carbocycles. The number of benzene rings is 1. The molecule has 10 heteroatoms. The Morgan fingerprint density at radius 2 is 1.92 bits per heavy atom. The first kappa shape index (κ1) is 23.9. The summed E-state index contributed by atoms with van der Waals surface area (Å²) >= 11 is 0. The summed E-state index contributed by atoms with van der Waals surface area (Å²) in [4.78, 5) is 29.1. The van der Waals surface area contributed by atoms with Crippen LogP contribution in [0.5, 0.6) is 0 Å². The van der Waals surface area contributed by atoms with E-state index in [0.29, 0.717) is 31.3 Å². The van der Waals surface area contributed by atoms with Gasteiger partial charge in [0.25, 0.3) is 0 Å². The Balaban J connectivity index is 1.20. The number of fused-ring (bicyclic) bond motifs is 1. The number of ether oxygens (including phenoxy) is 1. The fourth-order valence-electron chi connectivity index (χ4n) is 4.26. The topological polar surface area (TPSA) is 113 Å². The number of rotatable bonds is 5. The van der Waals surface area contributed by atoms with E-state index >= 15 is 0 Å². The van der Waals surface area contributed by atoms with Crippen molar-refractivity contribution in [2.45, 2.75) is 46.3 Å². The van der Waals surface area contributed by atoms with E-state index in [1.54, 1.807) is 11.8 Å². The van der Waals surface area contributed by atoms with Crippen LogP contribution in [0.2, 0.25) is 0 Å². The van der Waals surface area contributed by atoms with Crippen molar-refractivity contribution in [3.8, 4) is 11.5 Å². The molecule has 0 unspecified atom stereocenters. The molecule has 1 aliphatic heterocycles. The lowest BCUT2D eigenvalue weighted by molar-refractivity contribution is 0.0139. The number of pyridine rings is 1. The minimum absolute atomic E-state index is 0.237. The zero-order chi connectivity index (χ0) is 25.3. The second-order valence-electron chi connectivity index (χ2n) is 10.1. The van der Waals surface area contributed by atoms with Gasteiger partial charge in [-0.1, -0.05) is 0 Å². The van der Waals surface area contributed by atoms with Gasteiger partial charge in [0.05, 0.1) is 11.0 Å². The second kappa shape index (κ2) is 9.69. The molecular formula is C26H31N7O3. The summed E-state index contributed by atoms with van der Waals surface area (Å²) in [5, 5.41) is 7.99. The van der Waals surface area contributed by atoms with Crippen LogP contribution >= 0.6 is 0 Å². The molecule has 1 fully saturated rings. The van der Waals surface area contributed by atoms with Crippen molar-refractivity contribution in [2.75, 3.05) is 26.2 Å². The molecule has 0 spiro atoms. The standard InChI is InChI=1S/C26H31N7O3/c1-17-30-31-24(35-17)19-5-6-21-22(14-19)29-23(28-21)15-20-13-18(7-8-27-20)16-32-9-11-33(12-10-32)25(34)36-26(2,3)4/h5-8,13-14H,9-12,15-16H2,1-4H3,(H,28,29). The Labute approximate surface area is 209 Å². The number of aromatic nitrogens is 5. The molecule has 1 saturated heterocycles. The average molecular weight is 490 g/mol. The predicted molar refractivity (Wildman–Crippen MR) is 134 cm³/mol. The molecule has 10 nitrogen and oxygen atoms in total. The number of nitrogens with zero attached hydrogens (tertiary/aromatic N) is 6. The highest BCUT2D eigenvalue weighted by Crippen LogP contribution is 2.23. The van der Waals surface area contributed by atoms with Gasteiger partial charge in [0.15, 0.2) is 0 Å². The lowest BCUT2D eigenvalue weighted by Gasteiger charge is -2.35. The van der Waals surface area contributed by atoms with E-state index in [9.17, 15) is 4.79 Å².